The maximum absolute atomic E-state index is 6.28. The normalized spacial score (nSPS) is 11.6. The fraction of sp³-hybridized carbons (Fsp3) is 0. The lowest BCUT2D eigenvalue weighted by molar-refractivity contribution is 0.669. The fourth-order valence-corrected chi connectivity index (χ4v) is 9.32. The molecule has 0 aliphatic carbocycles. The van der Waals surface area contributed by atoms with Gasteiger partial charge in [0.05, 0.1) is 5.69 Å². The maximum Gasteiger partial charge on any atom is 0.135 e. The smallest absolute Gasteiger partial charge is 0.135 e. The van der Waals surface area contributed by atoms with Gasteiger partial charge in [0.2, 0.25) is 0 Å². The van der Waals surface area contributed by atoms with Crippen LogP contribution in [0.4, 0.5) is 17.1 Å². The number of rotatable bonds is 6. The zero-order valence-electron chi connectivity index (χ0n) is 29.8. The average Bonchev–Trinajstić information content (AvgIpc) is 3.82. The zero-order valence-corrected chi connectivity index (χ0v) is 30.6. The Morgan fingerprint density at radius 1 is 0.345 bits per heavy atom. The van der Waals surface area contributed by atoms with Gasteiger partial charge in [0.15, 0.2) is 0 Å². The molecule has 2 nitrogen and oxygen atoms in total. The minimum atomic E-state index is 0.882. The molecule has 11 rings (SSSR count). The highest BCUT2D eigenvalue weighted by Gasteiger charge is 2.20. The molecule has 0 bridgehead atoms. The topological polar surface area (TPSA) is 16.4 Å². The van der Waals surface area contributed by atoms with E-state index < -0.39 is 0 Å². The van der Waals surface area contributed by atoms with E-state index in [9.17, 15) is 0 Å². The van der Waals surface area contributed by atoms with Crippen LogP contribution in [0, 0.1) is 0 Å². The lowest BCUT2D eigenvalue weighted by Gasteiger charge is -2.28. The summed E-state index contributed by atoms with van der Waals surface area (Å²) in [5.74, 6) is 0. The van der Waals surface area contributed by atoms with E-state index in [-0.39, 0.29) is 0 Å². The molecular weight excluding hydrogens is 687 g/mol. The molecule has 0 unspecified atom stereocenters. The van der Waals surface area contributed by atoms with E-state index in [1.807, 2.05) is 23.5 Å². The highest BCUT2D eigenvalue weighted by molar-refractivity contribution is 7.25. The van der Waals surface area contributed by atoms with Crippen LogP contribution in [0.15, 0.2) is 205 Å². The Morgan fingerprint density at radius 3 is 1.93 bits per heavy atom. The Bertz CT molecular complexity index is 3220. The van der Waals surface area contributed by atoms with Crippen LogP contribution in [-0.2, 0) is 0 Å². The van der Waals surface area contributed by atoms with Crippen molar-refractivity contribution in [2.45, 2.75) is 0 Å². The van der Waals surface area contributed by atoms with E-state index in [1.165, 1.54) is 58.8 Å². The molecule has 258 valence electrons. The molecule has 0 amide bonds. The molecule has 3 heteroatoms. The van der Waals surface area contributed by atoms with E-state index in [0.29, 0.717) is 0 Å². The maximum atomic E-state index is 6.28. The first kappa shape index (κ1) is 31.6. The van der Waals surface area contributed by atoms with E-state index in [2.05, 4.69) is 193 Å². The number of thiophene rings is 1. The monoisotopic (exact) mass is 719 g/mol. The van der Waals surface area contributed by atoms with E-state index in [1.54, 1.807) is 0 Å². The van der Waals surface area contributed by atoms with Gasteiger partial charge in [0, 0.05) is 47.9 Å². The van der Waals surface area contributed by atoms with Gasteiger partial charge in [-0.05, 0) is 99.3 Å². The third-order valence-electron chi connectivity index (χ3n) is 10.9. The van der Waals surface area contributed by atoms with E-state index in [4.69, 9.17) is 4.42 Å². The minimum Gasteiger partial charge on any atom is -0.456 e. The van der Waals surface area contributed by atoms with Crippen molar-refractivity contribution in [1.82, 2.24) is 0 Å². The summed E-state index contributed by atoms with van der Waals surface area (Å²) in [6.45, 7) is 0. The van der Waals surface area contributed by atoms with Crippen LogP contribution in [0.3, 0.4) is 0 Å². The Balaban J connectivity index is 1.07. The molecule has 9 aromatic carbocycles. The van der Waals surface area contributed by atoms with Crippen molar-refractivity contribution in [3.63, 3.8) is 0 Å². The number of hydrogen-bond donors (Lipinski definition) is 0. The molecule has 0 aliphatic heterocycles. The first-order chi connectivity index (χ1) is 27.2. The van der Waals surface area contributed by atoms with Gasteiger partial charge in [0.25, 0.3) is 0 Å². The molecule has 0 saturated heterocycles. The fourth-order valence-electron chi connectivity index (χ4n) is 8.23. The van der Waals surface area contributed by atoms with E-state index >= 15 is 0 Å². The van der Waals surface area contributed by atoms with Crippen LogP contribution in [-0.4, -0.2) is 0 Å². The minimum absolute atomic E-state index is 0.882. The van der Waals surface area contributed by atoms with Crippen molar-refractivity contribution in [3.8, 4) is 33.4 Å². The number of hydrogen-bond acceptors (Lipinski definition) is 3. The third kappa shape index (κ3) is 5.40. The predicted molar refractivity (Wildman–Crippen MR) is 235 cm³/mol. The number of fused-ring (bicyclic) bond motifs is 7. The molecule has 0 fully saturated rings. The van der Waals surface area contributed by atoms with Gasteiger partial charge < -0.3 is 9.32 Å². The Kier molecular flexibility index (Phi) is 7.39. The molecule has 0 aliphatic rings. The molecular formula is C52H33NOS. The van der Waals surface area contributed by atoms with Crippen molar-refractivity contribution in [2.24, 2.45) is 0 Å². The number of furan rings is 1. The summed E-state index contributed by atoms with van der Waals surface area (Å²) in [4.78, 5) is 2.40. The lowest BCUT2D eigenvalue weighted by Crippen LogP contribution is -2.11. The van der Waals surface area contributed by atoms with Crippen LogP contribution in [0.25, 0.3) is 86.3 Å². The van der Waals surface area contributed by atoms with Crippen molar-refractivity contribution in [2.75, 3.05) is 4.90 Å². The number of benzene rings is 9. The molecule has 11 aromatic rings. The first-order valence-corrected chi connectivity index (χ1v) is 19.5. The van der Waals surface area contributed by atoms with Crippen LogP contribution < -0.4 is 4.90 Å². The Hall–Kier alpha value is -6.94. The predicted octanol–water partition coefficient (Wildman–Crippen LogP) is 15.6. The highest BCUT2D eigenvalue weighted by Crippen LogP contribution is 2.45. The van der Waals surface area contributed by atoms with Crippen LogP contribution in [0.5, 0.6) is 0 Å². The van der Waals surface area contributed by atoms with Crippen LogP contribution in [0.1, 0.15) is 0 Å². The molecule has 2 aromatic heterocycles. The molecule has 2 heterocycles. The second-order valence-corrected chi connectivity index (χ2v) is 15.2. The van der Waals surface area contributed by atoms with E-state index in [0.717, 1.165) is 44.6 Å². The molecule has 0 radical (unpaired) electrons. The second-order valence-electron chi connectivity index (χ2n) is 14.1. The largest absolute Gasteiger partial charge is 0.456 e. The average molecular weight is 720 g/mol. The van der Waals surface area contributed by atoms with Gasteiger partial charge in [-0.15, -0.1) is 11.3 Å². The molecule has 0 N–H and O–H groups in total. The summed E-state index contributed by atoms with van der Waals surface area (Å²) < 4.78 is 8.90. The molecule has 55 heavy (non-hydrogen) atoms. The van der Waals surface area contributed by atoms with Crippen molar-refractivity contribution in [3.05, 3.63) is 200 Å². The summed E-state index contributed by atoms with van der Waals surface area (Å²) in [6.07, 6.45) is 0. The number of anilines is 3. The molecule has 0 spiro atoms. The van der Waals surface area contributed by atoms with Crippen LogP contribution >= 0.6 is 11.3 Å². The number of para-hydroxylation sites is 2. The van der Waals surface area contributed by atoms with Gasteiger partial charge >= 0.3 is 0 Å². The Labute approximate surface area is 322 Å². The lowest BCUT2D eigenvalue weighted by atomic mass is 9.96. The van der Waals surface area contributed by atoms with Gasteiger partial charge in [-0.1, -0.05) is 140 Å². The zero-order chi connectivity index (χ0) is 36.3. The number of nitrogens with zero attached hydrogens (tertiary/aromatic N) is 1. The van der Waals surface area contributed by atoms with Gasteiger partial charge in [-0.3, -0.25) is 0 Å². The van der Waals surface area contributed by atoms with Crippen molar-refractivity contribution >= 4 is 81.3 Å². The molecule has 0 saturated carbocycles. The van der Waals surface area contributed by atoms with Gasteiger partial charge in [0.1, 0.15) is 11.2 Å². The van der Waals surface area contributed by atoms with Crippen LogP contribution in [0.2, 0.25) is 0 Å². The summed E-state index contributed by atoms with van der Waals surface area (Å²) in [5, 5.41) is 7.32. The summed E-state index contributed by atoms with van der Waals surface area (Å²) in [6, 6.07) is 72.3. The Morgan fingerprint density at radius 2 is 1.00 bits per heavy atom. The SMILES string of the molecule is c1cc(-c2ccc(-c3cccc4ccccc34)cc2)cc(N(c2ccc3oc4ccccc4c3c2)c2ccccc2-c2ccc3sc4ccccc4c3c2)c1. The quantitative estimate of drug-likeness (QED) is 0.170. The standard InChI is InChI=1S/C52H33NOS/c1-2-15-41-35(11-1)12-10-19-42(41)36-25-23-34(24-26-36)37-13-9-14-39(31-37)53(40-28-29-50-46(33-40)44-17-4-7-21-49(44)54-50)48-20-6-3-16-43(48)38-27-30-52-47(32-38)45-18-5-8-22-51(45)55-52/h1-33H. The van der Waals surface area contributed by atoms with Gasteiger partial charge in [-0.2, -0.15) is 0 Å². The summed E-state index contributed by atoms with van der Waals surface area (Å²) in [7, 11) is 0. The first-order valence-electron chi connectivity index (χ1n) is 18.7. The second kappa shape index (κ2) is 12.9. The highest BCUT2D eigenvalue weighted by atomic mass is 32.1. The summed E-state index contributed by atoms with van der Waals surface area (Å²) in [5.41, 5.74) is 12.2. The molecule has 0 atom stereocenters. The van der Waals surface area contributed by atoms with Crippen molar-refractivity contribution < 1.29 is 4.42 Å². The van der Waals surface area contributed by atoms with Gasteiger partial charge in [-0.25, -0.2) is 0 Å². The van der Waals surface area contributed by atoms with Crippen molar-refractivity contribution in [1.29, 1.82) is 0 Å². The third-order valence-corrected chi connectivity index (χ3v) is 12.0. The summed E-state index contributed by atoms with van der Waals surface area (Å²) >= 11 is 1.85.